The SMILES string of the molecule is N#CC1CCN(S(=O)(=O)c2ccc(-c3ccc(C[C@@H](C#N)NC(=O)[C@@H]4CCCCN4)cc3)cc2)CC1.O=C(O)C(F)(F)F. The highest BCUT2D eigenvalue weighted by Gasteiger charge is 2.38. The van der Waals surface area contributed by atoms with Crippen LogP contribution in [-0.4, -0.2) is 67.6 Å². The smallest absolute Gasteiger partial charge is 0.475 e. The Hall–Kier alpha value is -3.98. The van der Waals surface area contributed by atoms with Gasteiger partial charge in [0.15, 0.2) is 0 Å². The molecule has 0 bridgehead atoms. The second-order valence-electron chi connectivity index (χ2n) is 10.2. The zero-order valence-corrected chi connectivity index (χ0v) is 24.0. The third-order valence-corrected chi connectivity index (χ3v) is 9.11. The molecule has 2 atom stereocenters. The number of hydrogen-bond donors (Lipinski definition) is 3. The monoisotopic (exact) mass is 619 g/mol. The summed E-state index contributed by atoms with van der Waals surface area (Å²) >= 11 is 0. The predicted octanol–water partition coefficient (Wildman–Crippen LogP) is 3.60. The fraction of sp³-hybridized carbons (Fsp3) is 0.448. The maximum absolute atomic E-state index is 13.0. The van der Waals surface area contributed by atoms with E-state index in [4.69, 9.17) is 15.2 Å². The Morgan fingerprint density at radius 3 is 2.02 bits per heavy atom. The third-order valence-electron chi connectivity index (χ3n) is 7.20. The maximum Gasteiger partial charge on any atom is 0.490 e. The highest BCUT2D eigenvalue weighted by Crippen LogP contribution is 2.26. The minimum Gasteiger partial charge on any atom is -0.475 e. The van der Waals surface area contributed by atoms with Crippen LogP contribution in [0.5, 0.6) is 0 Å². The number of carbonyl (C=O) groups excluding carboxylic acids is 1. The molecular formula is C29H32F3N5O5S. The van der Waals surface area contributed by atoms with Crippen LogP contribution in [0.2, 0.25) is 0 Å². The van der Waals surface area contributed by atoms with E-state index in [0.717, 1.165) is 42.5 Å². The molecule has 2 aromatic carbocycles. The lowest BCUT2D eigenvalue weighted by Crippen LogP contribution is -2.49. The van der Waals surface area contributed by atoms with Crippen molar-refractivity contribution in [2.45, 2.75) is 61.7 Å². The normalized spacial score (nSPS) is 18.7. The Morgan fingerprint density at radius 2 is 1.56 bits per heavy atom. The first-order chi connectivity index (χ1) is 20.3. The van der Waals surface area contributed by atoms with Crippen LogP contribution in [0, 0.1) is 28.6 Å². The van der Waals surface area contributed by atoms with Crippen molar-refractivity contribution in [3.8, 4) is 23.3 Å². The summed E-state index contributed by atoms with van der Waals surface area (Å²) in [6.07, 6.45) is -0.675. The van der Waals surface area contributed by atoms with Crippen LogP contribution in [0.25, 0.3) is 11.1 Å². The molecule has 2 fully saturated rings. The van der Waals surface area contributed by atoms with E-state index >= 15 is 0 Å². The van der Waals surface area contributed by atoms with Gasteiger partial charge in [0.2, 0.25) is 15.9 Å². The Morgan fingerprint density at radius 1 is 1.00 bits per heavy atom. The first kappa shape index (κ1) is 33.5. The molecule has 1 amide bonds. The molecular weight excluding hydrogens is 587 g/mol. The van der Waals surface area contributed by atoms with Gasteiger partial charge in [0.1, 0.15) is 6.04 Å². The van der Waals surface area contributed by atoms with Gasteiger partial charge in [-0.15, -0.1) is 0 Å². The lowest BCUT2D eigenvalue weighted by Gasteiger charge is -2.28. The van der Waals surface area contributed by atoms with Gasteiger partial charge in [0.05, 0.1) is 23.1 Å². The average Bonchev–Trinajstić information content (AvgIpc) is 3.01. The zero-order valence-electron chi connectivity index (χ0n) is 23.2. The zero-order chi connectivity index (χ0) is 31.6. The number of halogens is 3. The van der Waals surface area contributed by atoms with Gasteiger partial charge in [-0.1, -0.05) is 42.8 Å². The van der Waals surface area contributed by atoms with E-state index in [0.29, 0.717) is 32.4 Å². The summed E-state index contributed by atoms with van der Waals surface area (Å²) in [4.78, 5) is 21.6. The van der Waals surface area contributed by atoms with Gasteiger partial charge in [0, 0.05) is 25.4 Å². The maximum atomic E-state index is 13.0. The van der Waals surface area contributed by atoms with Crippen LogP contribution >= 0.6 is 0 Å². The fourth-order valence-electron chi connectivity index (χ4n) is 4.74. The summed E-state index contributed by atoms with van der Waals surface area (Å²) in [5.41, 5.74) is 2.75. The standard InChI is InChI=1S/C27H31N5O3S.C2HF3O2/c28-18-21-12-15-32(16-13-21)36(34,35)25-10-8-23(9-11-25)22-6-4-20(5-7-22)17-24(19-29)31-27(33)26-3-1-2-14-30-26;3-2(4,5)1(6)7/h4-11,21,24,26,30H,1-3,12-17H2,(H,31,33);(H,6,7)/t24-,26-;/m0./s1. The van der Waals surface area contributed by atoms with Gasteiger partial charge in [0.25, 0.3) is 0 Å². The molecule has 0 saturated carbocycles. The summed E-state index contributed by atoms with van der Waals surface area (Å²) in [5.74, 6) is -2.95. The first-order valence-corrected chi connectivity index (χ1v) is 15.1. The molecule has 3 N–H and O–H groups in total. The number of piperidine rings is 2. The third kappa shape index (κ3) is 9.51. The second kappa shape index (κ2) is 15.0. The highest BCUT2D eigenvalue weighted by atomic mass is 32.2. The van der Waals surface area contributed by atoms with E-state index in [9.17, 15) is 31.6 Å². The van der Waals surface area contributed by atoms with Crippen molar-refractivity contribution >= 4 is 21.9 Å². The number of nitrogens with zero attached hydrogens (tertiary/aromatic N) is 3. The molecule has 0 radical (unpaired) electrons. The fourth-order valence-corrected chi connectivity index (χ4v) is 6.21. The van der Waals surface area contributed by atoms with E-state index in [1.54, 1.807) is 24.3 Å². The number of carbonyl (C=O) groups is 2. The molecule has 230 valence electrons. The van der Waals surface area contributed by atoms with Gasteiger partial charge in [-0.25, -0.2) is 13.2 Å². The van der Waals surface area contributed by atoms with Crippen molar-refractivity contribution in [1.29, 1.82) is 10.5 Å². The van der Waals surface area contributed by atoms with Crippen molar-refractivity contribution in [3.63, 3.8) is 0 Å². The minimum absolute atomic E-state index is 0.0737. The number of hydrogen-bond acceptors (Lipinski definition) is 7. The highest BCUT2D eigenvalue weighted by molar-refractivity contribution is 7.89. The molecule has 0 unspecified atom stereocenters. The lowest BCUT2D eigenvalue weighted by atomic mass is 10.00. The molecule has 0 spiro atoms. The first-order valence-electron chi connectivity index (χ1n) is 13.7. The van der Waals surface area contributed by atoms with Crippen LogP contribution in [-0.2, 0) is 26.0 Å². The molecule has 43 heavy (non-hydrogen) atoms. The van der Waals surface area contributed by atoms with Gasteiger partial charge < -0.3 is 15.7 Å². The van der Waals surface area contributed by atoms with Crippen molar-refractivity contribution in [3.05, 3.63) is 54.1 Å². The van der Waals surface area contributed by atoms with E-state index in [2.05, 4.69) is 22.8 Å². The van der Waals surface area contributed by atoms with E-state index in [1.807, 2.05) is 24.3 Å². The Bertz CT molecular complexity index is 1440. The predicted molar refractivity (Wildman–Crippen MR) is 150 cm³/mol. The van der Waals surface area contributed by atoms with E-state index in [1.165, 1.54) is 4.31 Å². The summed E-state index contributed by atoms with van der Waals surface area (Å²) in [5, 5.41) is 31.7. The number of rotatable bonds is 7. The molecule has 10 nitrogen and oxygen atoms in total. The lowest BCUT2D eigenvalue weighted by molar-refractivity contribution is -0.192. The van der Waals surface area contributed by atoms with Crippen LogP contribution in [0.1, 0.15) is 37.7 Å². The van der Waals surface area contributed by atoms with E-state index < -0.39 is 28.2 Å². The molecule has 2 saturated heterocycles. The second-order valence-corrected chi connectivity index (χ2v) is 12.2. The van der Waals surface area contributed by atoms with Crippen LogP contribution < -0.4 is 10.6 Å². The average molecular weight is 620 g/mol. The van der Waals surface area contributed by atoms with Gasteiger partial charge in [-0.2, -0.15) is 28.0 Å². The largest absolute Gasteiger partial charge is 0.490 e. The Labute approximate surface area is 248 Å². The molecule has 0 aromatic heterocycles. The van der Waals surface area contributed by atoms with Gasteiger partial charge in [-0.05, 0) is 61.1 Å². The summed E-state index contributed by atoms with van der Waals surface area (Å²) in [6.45, 7) is 1.56. The van der Waals surface area contributed by atoms with Crippen LogP contribution in [0.15, 0.2) is 53.4 Å². The summed E-state index contributed by atoms with van der Waals surface area (Å²) in [6, 6.07) is 18.1. The number of carboxylic acids is 1. The number of nitrogens with one attached hydrogen (secondary N) is 2. The Kier molecular flexibility index (Phi) is 11.7. The number of alkyl halides is 3. The summed E-state index contributed by atoms with van der Waals surface area (Å²) in [7, 11) is -3.58. The van der Waals surface area contributed by atoms with E-state index in [-0.39, 0.29) is 22.8 Å². The molecule has 14 heteroatoms. The minimum atomic E-state index is -5.08. The molecule has 2 aliphatic rings. The Balaban J connectivity index is 0.000000646. The van der Waals surface area contributed by atoms with Crippen molar-refractivity contribution < 1.29 is 36.3 Å². The quantitative estimate of drug-likeness (QED) is 0.423. The number of nitriles is 2. The number of benzene rings is 2. The summed E-state index contributed by atoms with van der Waals surface area (Å²) < 4.78 is 59.1. The molecule has 2 aliphatic heterocycles. The van der Waals surface area contributed by atoms with Gasteiger partial charge >= 0.3 is 12.1 Å². The van der Waals surface area contributed by atoms with Crippen molar-refractivity contribution in [1.82, 2.24) is 14.9 Å². The molecule has 2 aromatic rings. The number of carboxylic acid groups (broad SMARTS) is 1. The number of aliphatic carboxylic acids is 1. The van der Waals surface area contributed by atoms with Crippen molar-refractivity contribution in [2.75, 3.05) is 19.6 Å². The van der Waals surface area contributed by atoms with Gasteiger partial charge in [-0.3, -0.25) is 4.79 Å². The molecule has 0 aliphatic carbocycles. The molecule has 4 rings (SSSR count). The molecule has 2 heterocycles. The topological polar surface area (TPSA) is 163 Å². The number of amides is 1. The van der Waals surface area contributed by atoms with Crippen molar-refractivity contribution in [2.24, 2.45) is 5.92 Å². The van der Waals surface area contributed by atoms with Crippen LogP contribution in [0.3, 0.4) is 0 Å². The van der Waals surface area contributed by atoms with Crippen LogP contribution in [0.4, 0.5) is 13.2 Å². The number of sulfonamides is 1.